The first-order valence-electron chi connectivity index (χ1n) is 7.18. The Hall–Kier alpha value is -2.31. The Morgan fingerprint density at radius 1 is 1.10 bits per heavy atom. The van der Waals surface area contributed by atoms with Crippen molar-refractivity contribution in [1.82, 2.24) is 5.32 Å². The van der Waals surface area contributed by atoms with E-state index in [1.165, 1.54) is 5.56 Å². The summed E-state index contributed by atoms with van der Waals surface area (Å²) in [5.74, 6) is 0.796. The topological polar surface area (TPSA) is 45.0 Å². The Balaban J connectivity index is 2.13. The number of nitrogens with one attached hydrogen (secondary N) is 1. The van der Waals surface area contributed by atoms with E-state index >= 15 is 0 Å². The maximum Gasteiger partial charge on any atom is 0.121 e. The minimum atomic E-state index is -0.361. The molecule has 0 saturated heterocycles. The molecule has 0 saturated carbocycles. The third-order valence-corrected chi connectivity index (χ3v) is 3.35. The van der Waals surface area contributed by atoms with Crippen LogP contribution in [0.2, 0.25) is 0 Å². The second kappa shape index (κ2) is 7.47. The van der Waals surface area contributed by atoms with E-state index in [2.05, 4.69) is 30.4 Å². The fourth-order valence-electron chi connectivity index (χ4n) is 2.25. The van der Waals surface area contributed by atoms with Gasteiger partial charge in [-0.2, -0.15) is 5.26 Å². The Labute approximate surface area is 126 Å². The van der Waals surface area contributed by atoms with Crippen LogP contribution in [0.15, 0.2) is 54.6 Å². The smallest absolute Gasteiger partial charge is 0.121 e. The van der Waals surface area contributed by atoms with E-state index in [9.17, 15) is 5.26 Å². The summed E-state index contributed by atoms with van der Waals surface area (Å²) in [6.45, 7) is 4.63. The number of nitriles is 1. The van der Waals surface area contributed by atoms with Crippen LogP contribution in [0.25, 0.3) is 0 Å². The molecule has 0 spiro atoms. The number of rotatable bonds is 6. The lowest BCUT2D eigenvalue weighted by molar-refractivity contribution is 0.339. The fraction of sp³-hybridized carbons (Fsp3) is 0.278. The van der Waals surface area contributed by atoms with Crippen molar-refractivity contribution in [3.8, 4) is 11.8 Å². The molecule has 2 aromatic carbocycles. The van der Waals surface area contributed by atoms with Crippen molar-refractivity contribution in [2.45, 2.75) is 25.9 Å². The van der Waals surface area contributed by atoms with Crippen LogP contribution in [0, 0.1) is 11.3 Å². The average Bonchev–Trinajstić information content (AvgIpc) is 2.54. The molecule has 2 aromatic rings. The Morgan fingerprint density at radius 3 is 2.48 bits per heavy atom. The largest absolute Gasteiger partial charge is 0.494 e. The van der Waals surface area contributed by atoms with Gasteiger partial charge in [0.25, 0.3) is 0 Å². The van der Waals surface area contributed by atoms with Gasteiger partial charge in [0.2, 0.25) is 0 Å². The van der Waals surface area contributed by atoms with Gasteiger partial charge in [0.15, 0.2) is 0 Å². The molecule has 0 radical (unpaired) electrons. The molecule has 2 atom stereocenters. The SMILES string of the molecule is CCOc1cccc(C(C#N)NC(C)c2ccccc2)c1. The first kappa shape index (κ1) is 15.1. The predicted molar refractivity (Wildman–Crippen MR) is 84.0 cm³/mol. The van der Waals surface area contributed by atoms with E-state index < -0.39 is 0 Å². The van der Waals surface area contributed by atoms with Crippen molar-refractivity contribution < 1.29 is 4.74 Å². The van der Waals surface area contributed by atoms with Gasteiger partial charge >= 0.3 is 0 Å². The van der Waals surface area contributed by atoms with E-state index in [-0.39, 0.29) is 12.1 Å². The first-order valence-corrected chi connectivity index (χ1v) is 7.18. The highest BCUT2D eigenvalue weighted by Crippen LogP contribution is 2.22. The van der Waals surface area contributed by atoms with Crippen LogP contribution in [-0.2, 0) is 0 Å². The van der Waals surface area contributed by atoms with Crippen LogP contribution in [0.5, 0.6) is 5.75 Å². The summed E-state index contributed by atoms with van der Waals surface area (Å²) in [6, 6.07) is 19.9. The third-order valence-electron chi connectivity index (χ3n) is 3.35. The summed E-state index contributed by atoms with van der Waals surface area (Å²) >= 11 is 0. The van der Waals surface area contributed by atoms with Crippen LogP contribution >= 0.6 is 0 Å². The number of hydrogen-bond donors (Lipinski definition) is 1. The monoisotopic (exact) mass is 280 g/mol. The molecule has 0 bridgehead atoms. The third kappa shape index (κ3) is 4.08. The van der Waals surface area contributed by atoms with E-state index in [1.54, 1.807) is 0 Å². The minimum absolute atomic E-state index is 0.103. The fourth-order valence-corrected chi connectivity index (χ4v) is 2.25. The number of ether oxygens (including phenoxy) is 1. The van der Waals surface area contributed by atoms with Gasteiger partial charge in [0, 0.05) is 6.04 Å². The molecule has 21 heavy (non-hydrogen) atoms. The Bertz CT molecular complexity index is 604. The van der Waals surface area contributed by atoms with Crippen LogP contribution in [0.4, 0.5) is 0 Å². The molecule has 0 aliphatic rings. The standard InChI is InChI=1S/C18H20N2O/c1-3-21-17-11-7-10-16(12-17)18(13-19)20-14(2)15-8-5-4-6-9-15/h4-12,14,18,20H,3H2,1-2H3. The highest BCUT2D eigenvalue weighted by molar-refractivity contribution is 5.33. The molecule has 0 heterocycles. The van der Waals surface area contributed by atoms with Gasteiger partial charge in [-0.15, -0.1) is 0 Å². The van der Waals surface area contributed by atoms with Crippen molar-refractivity contribution in [3.05, 3.63) is 65.7 Å². The van der Waals surface area contributed by atoms with Crippen molar-refractivity contribution >= 4 is 0 Å². The number of benzene rings is 2. The van der Waals surface area contributed by atoms with Gasteiger partial charge < -0.3 is 4.74 Å². The maximum absolute atomic E-state index is 9.44. The Morgan fingerprint density at radius 2 is 1.81 bits per heavy atom. The summed E-state index contributed by atoms with van der Waals surface area (Å²) in [7, 11) is 0. The van der Waals surface area contributed by atoms with Crippen molar-refractivity contribution in [1.29, 1.82) is 5.26 Å². The minimum Gasteiger partial charge on any atom is -0.494 e. The van der Waals surface area contributed by atoms with Crippen LogP contribution < -0.4 is 10.1 Å². The molecule has 0 fully saturated rings. The molecule has 1 N–H and O–H groups in total. The average molecular weight is 280 g/mol. The summed E-state index contributed by atoms with van der Waals surface area (Å²) in [4.78, 5) is 0. The molecule has 2 unspecified atom stereocenters. The number of hydrogen-bond acceptors (Lipinski definition) is 3. The van der Waals surface area contributed by atoms with Crippen LogP contribution in [0.3, 0.4) is 0 Å². The summed E-state index contributed by atoms with van der Waals surface area (Å²) in [6.07, 6.45) is 0. The van der Waals surface area contributed by atoms with E-state index in [0.29, 0.717) is 6.61 Å². The van der Waals surface area contributed by atoms with Gasteiger partial charge in [-0.25, -0.2) is 0 Å². The van der Waals surface area contributed by atoms with Crippen molar-refractivity contribution in [3.63, 3.8) is 0 Å². The first-order chi connectivity index (χ1) is 10.2. The summed E-state index contributed by atoms with van der Waals surface area (Å²) < 4.78 is 5.49. The molecule has 0 aliphatic carbocycles. The second-order valence-corrected chi connectivity index (χ2v) is 4.87. The van der Waals surface area contributed by atoms with E-state index in [1.807, 2.05) is 49.4 Å². The molecule has 0 amide bonds. The Kier molecular flexibility index (Phi) is 5.36. The predicted octanol–water partition coefficient (Wildman–Crippen LogP) is 4.00. The second-order valence-electron chi connectivity index (χ2n) is 4.87. The lowest BCUT2D eigenvalue weighted by Gasteiger charge is -2.19. The van der Waals surface area contributed by atoms with E-state index in [0.717, 1.165) is 11.3 Å². The van der Waals surface area contributed by atoms with Crippen LogP contribution in [0.1, 0.15) is 37.1 Å². The molecule has 108 valence electrons. The molecule has 3 heteroatoms. The van der Waals surface area contributed by atoms with Gasteiger partial charge in [0.1, 0.15) is 11.8 Å². The highest BCUT2D eigenvalue weighted by atomic mass is 16.5. The molecular weight excluding hydrogens is 260 g/mol. The summed E-state index contributed by atoms with van der Waals surface area (Å²) in [5.41, 5.74) is 2.09. The zero-order valence-electron chi connectivity index (χ0n) is 12.4. The molecule has 2 rings (SSSR count). The lowest BCUT2D eigenvalue weighted by atomic mass is 10.0. The quantitative estimate of drug-likeness (QED) is 0.869. The maximum atomic E-state index is 9.44. The molecule has 0 aromatic heterocycles. The van der Waals surface area contributed by atoms with Crippen LogP contribution in [-0.4, -0.2) is 6.61 Å². The van der Waals surface area contributed by atoms with Gasteiger partial charge in [-0.1, -0.05) is 42.5 Å². The zero-order chi connectivity index (χ0) is 15.1. The highest BCUT2D eigenvalue weighted by Gasteiger charge is 2.15. The van der Waals surface area contributed by atoms with Gasteiger partial charge in [-0.3, -0.25) is 5.32 Å². The molecule has 0 aliphatic heterocycles. The van der Waals surface area contributed by atoms with E-state index in [4.69, 9.17) is 4.74 Å². The van der Waals surface area contributed by atoms with Crippen molar-refractivity contribution in [2.75, 3.05) is 6.61 Å². The molecular formula is C18H20N2O. The van der Waals surface area contributed by atoms with Gasteiger partial charge in [-0.05, 0) is 37.1 Å². The zero-order valence-corrected chi connectivity index (χ0v) is 12.4. The van der Waals surface area contributed by atoms with Gasteiger partial charge in [0.05, 0.1) is 12.7 Å². The molecule has 3 nitrogen and oxygen atoms in total. The van der Waals surface area contributed by atoms with Crippen molar-refractivity contribution in [2.24, 2.45) is 0 Å². The summed E-state index contributed by atoms with van der Waals surface area (Å²) in [5, 5.41) is 12.8. The lowest BCUT2D eigenvalue weighted by Crippen LogP contribution is -2.23. The normalized spacial score (nSPS) is 13.2. The number of nitrogens with zero attached hydrogens (tertiary/aromatic N) is 1.